The van der Waals surface area contributed by atoms with Crippen molar-refractivity contribution in [1.29, 1.82) is 0 Å². The lowest BCUT2D eigenvalue weighted by Crippen LogP contribution is -2.09. The second-order valence-electron chi connectivity index (χ2n) is 10.5. The Hall–Kier alpha value is -5.49. The first kappa shape index (κ1) is 28.6. The highest BCUT2D eigenvalue weighted by Crippen LogP contribution is 2.39. The number of pyridine rings is 2. The van der Waals surface area contributed by atoms with Gasteiger partial charge in [0.1, 0.15) is 0 Å². The normalized spacial score (nSPS) is 13.0. The van der Waals surface area contributed by atoms with Gasteiger partial charge in [-0.05, 0) is 55.8 Å². The molecule has 0 bridgehead atoms. The average molecular weight is 575 g/mol. The van der Waals surface area contributed by atoms with Crippen LogP contribution < -0.4 is 5.32 Å². The molecule has 0 aliphatic rings. The third-order valence-electron chi connectivity index (χ3n) is 7.67. The average Bonchev–Trinajstić information content (AvgIpc) is 3.05. The third kappa shape index (κ3) is 5.15. The molecule has 1 N–H and O–H groups in total. The molecule has 0 aliphatic carbocycles. The van der Waals surface area contributed by atoms with E-state index in [4.69, 9.17) is 15.0 Å². The van der Waals surface area contributed by atoms with Crippen molar-refractivity contribution in [3.8, 4) is 11.4 Å². The molecule has 0 unspecified atom stereocenters. The van der Waals surface area contributed by atoms with Crippen molar-refractivity contribution in [1.82, 2.24) is 15.3 Å². The van der Waals surface area contributed by atoms with Gasteiger partial charge in [0.2, 0.25) is 0 Å². The van der Waals surface area contributed by atoms with E-state index in [-0.39, 0.29) is 0 Å². The van der Waals surface area contributed by atoms with Gasteiger partial charge in [0.25, 0.3) is 0 Å². The molecule has 0 saturated heterocycles. The van der Waals surface area contributed by atoms with Gasteiger partial charge in [0.05, 0.1) is 16.9 Å². The topological polar surface area (TPSA) is 74.9 Å². The standard InChI is InChI=1S/C38H34N6/c1-6-12-26(22-39-4)37(41-7-2)44-38(40-5)32-23-42-35(29-16-11-10-15-28(29)32)36-30-19-18-25-13-8-9-14-27(25)34(30)31-21-24(3)17-20-33(31)43-36/h6,8-23,39H,5,7H2,1-4H3/b12-6-,26-22+,41-37?,44-38?. The molecular formula is C38H34N6. The zero-order valence-electron chi connectivity index (χ0n) is 25.5. The fourth-order valence-electron chi connectivity index (χ4n) is 5.77. The quantitative estimate of drug-likeness (QED) is 0.0937. The summed E-state index contributed by atoms with van der Waals surface area (Å²) in [5.41, 5.74) is 5.41. The van der Waals surface area contributed by atoms with E-state index in [9.17, 15) is 0 Å². The van der Waals surface area contributed by atoms with Gasteiger partial charge in [-0.25, -0.2) is 15.0 Å². The minimum absolute atomic E-state index is 0.455. The summed E-state index contributed by atoms with van der Waals surface area (Å²) in [6.45, 7) is 10.5. The number of aliphatic imine (C=N–C) groups is 3. The largest absolute Gasteiger partial charge is 0.393 e. The minimum Gasteiger partial charge on any atom is -0.393 e. The molecule has 6 aromatic rings. The van der Waals surface area contributed by atoms with Gasteiger partial charge in [0.15, 0.2) is 11.7 Å². The van der Waals surface area contributed by atoms with E-state index in [1.165, 1.54) is 21.7 Å². The molecule has 0 radical (unpaired) electrons. The number of nitrogens with zero attached hydrogens (tertiary/aromatic N) is 5. The lowest BCUT2D eigenvalue weighted by Gasteiger charge is -2.15. The van der Waals surface area contributed by atoms with Gasteiger partial charge in [0, 0.05) is 58.7 Å². The molecule has 6 nitrogen and oxygen atoms in total. The van der Waals surface area contributed by atoms with E-state index in [2.05, 4.69) is 95.7 Å². The summed E-state index contributed by atoms with van der Waals surface area (Å²) in [6.07, 6.45) is 7.64. The SMILES string of the molecule is C=NC(=NC(=NCC)C(/C=C\C)=C/NC)c1cnc(-c2nc3ccc(C)cc3c3c2ccc2ccccc23)c2ccccc12. The van der Waals surface area contributed by atoms with Crippen molar-refractivity contribution in [3.05, 3.63) is 120 Å². The first-order chi connectivity index (χ1) is 21.6. The van der Waals surface area contributed by atoms with E-state index in [1.54, 1.807) is 0 Å². The van der Waals surface area contributed by atoms with Gasteiger partial charge in [-0.15, -0.1) is 0 Å². The van der Waals surface area contributed by atoms with Crippen LogP contribution in [0.25, 0.3) is 54.6 Å². The van der Waals surface area contributed by atoms with Crippen LogP contribution in [0.4, 0.5) is 0 Å². The monoisotopic (exact) mass is 574 g/mol. The number of amidine groups is 2. The van der Waals surface area contributed by atoms with Crippen molar-refractivity contribution in [3.63, 3.8) is 0 Å². The maximum Gasteiger partial charge on any atom is 0.163 e. The number of allylic oxidation sites excluding steroid dienone is 1. The summed E-state index contributed by atoms with van der Waals surface area (Å²) in [5.74, 6) is 1.02. The number of hydrogen-bond donors (Lipinski definition) is 1. The molecular weight excluding hydrogens is 540 g/mol. The number of hydrogen-bond acceptors (Lipinski definition) is 4. The van der Waals surface area contributed by atoms with Crippen LogP contribution in [0.5, 0.6) is 0 Å². The van der Waals surface area contributed by atoms with E-state index >= 15 is 0 Å². The fourth-order valence-corrected chi connectivity index (χ4v) is 5.77. The molecule has 44 heavy (non-hydrogen) atoms. The molecule has 0 saturated carbocycles. The second kappa shape index (κ2) is 12.4. The minimum atomic E-state index is 0.455. The van der Waals surface area contributed by atoms with Crippen molar-refractivity contribution < 1.29 is 0 Å². The van der Waals surface area contributed by atoms with Crippen LogP contribution in [0.3, 0.4) is 0 Å². The highest BCUT2D eigenvalue weighted by molar-refractivity contribution is 6.24. The lowest BCUT2D eigenvalue weighted by atomic mass is 9.94. The first-order valence-electron chi connectivity index (χ1n) is 14.8. The Kier molecular flexibility index (Phi) is 8.06. The van der Waals surface area contributed by atoms with Gasteiger partial charge < -0.3 is 5.32 Å². The number of aromatic nitrogens is 2. The van der Waals surface area contributed by atoms with Crippen LogP contribution in [0.15, 0.2) is 124 Å². The molecule has 0 aliphatic heterocycles. The molecule has 2 heterocycles. The summed E-state index contributed by atoms with van der Waals surface area (Å²) >= 11 is 0. The van der Waals surface area contributed by atoms with Crippen LogP contribution in [0, 0.1) is 6.92 Å². The Labute approximate surface area is 257 Å². The Morgan fingerprint density at radius 2 is 1.66 bits per heavy atom. The van der Waals surface area contributed by atoms with Gasteiger partial charge >= 0.3 is 0 Å². The molecule has 0 amide bonds. The first-order valence-corrected chi connectivity index (χ1v) is 14.8. The molecule has 2 aromatic heterocycles. The highest BCUT2D eigenvalue weighted by Gasteiger charge is 2.19. The summed E-state index contributed by atoms with van der Waals surface area (Å²) in [5, 5.41) is 10.8. The maximum absolute atomic E-state index is 5.23. The zero-order chi connectivity index (χ0) is 30.6. The fraction of sp³-hybridized carbons (Fsp3) is 0.132. The Bertz CT molecular complexity index is 2190. The van der Waals surface area contributed by atoms with Crippen molar-refractivity contribution >= 4 is 61.6 Å². The highest BCUT2D eigenvalue weighted by atomic mass is 15.0. The summed E-state index contributed by atoms with van der Waals surface area (Å²) in [6, 6.07) is 27.5. The molecule has 6 rings (SSSR count). The summed E-state index contributed by atoms with van der Waals surface area (Å²) in [4.78, 5) is 24.2. The zero-order valence-corrected chi connectivity index (χ0v) is 25.5. The Morgan fingerprint density at radius 1 is 0.886 bits per heavy atom. The van der Waals surface area contributed by atoms with Crippen molar-refractivity contribution in [2.75, 3.05) is 13.6 Å². The van der Waals surface area contributed by atoms with Crippen LogP contribution in [0.2, 0.25) is 0 Å². The van der Waals surface area contributed by atoms with Gasteiger partial charge in [-0.3, -0.25) is 9.98 Å². The number of rotatable bonds is 6. The summed E-state index contributed by atoms with van der Waals surface area (Å²) in [7, 11) is 1.86. The van der Waals surface area contributed by atoms with Crippen LogP contribution in [0.1, 0.15) is 25.0 Å². The molecule has 0 atom stereocenters. The van der Waals surface area contributed by atoms with Crippen LogP contribution >= 0.6 is 0 Å². The second-order valence-corrected chi connectivity index (χ2v) is 10.5. The predicted molar refractivity (Wildman–Crippen MR) is 188 cm³/mol. The molecule has 0 spiro atoms. The molecule has 0 fully saturated rings. The number of fused-ring (bicyclic) bond motifs is 6. The number of nitrogens with one attached hydrogen (secondary N) is 1. The van der Waals surface area contributed by atoms with Gasteiger partial charge in [-0.2, -0.15) is 0 Å². The molecule has 6 heteroatoms. The number of benzene rings is 4. The van der Waals surface area contributed by atoms with Crippen molar-refractivity contribution in [2.45, 2.75) is 20.8 Å². The van der Waals surface area contributed by atoms with Crippen LogP contribution in [-0.2, 0) is 0 Å². The lowest BCUT2D eigenvalue weighted by molar-refractivity contribution is 1.08. The van der Waals surface area contributed by atoms with E-state index in [0.717, 1.165) is 49.6 Å². The molecule has 216 valence electrons. The Morgan fingerprint density at radius 3 is 2.41 bits per heavy atom. The smallest absolute Gasteiger partial charge is 0.163 e. The molecule has 4 aromatic carbocycles. The maximum atomic E-state index is 5.23. The van der Waals surface area contributed by atoms with E-state index in [1.807, 2.05) is 57.6 Å². The van der Waals surface area contributed by atoms with Crippen LogP contribution in [-0.4, -0.2) is 41.9 Å². The number of aryl methyl sites for hydroxylation is 1. The Balaban J connectivity index is 1.63. The van der Waals surface area contributed by atoms with Gasteiger partial charge in [-0.1, -0.05) is 84.4 Å². The van der Waals surface area contributed by atoms with Crippen molar-refractivity contribution in [2.24, 2.45) is 15.0 Å². The summed E-state index contributed by atoms with van der Waals surface area (Å²) < 4.78 is 0. The third-order valence-corrected chi connectivity index (χ3v) is 7.67. The van der Waals surface area contributed by atoms with E-state index in [0.29, 0.717) is 18.2 Å². The predicted octanol–water partition coefficient (Wildman–Crippen LogP) is 8.61. The van der Waals surface area contributed by atoms with E-state index < -0.39 is 0 Å².